The summed E-state index contributed by atoms with van der Waals surface area (Å²) < 4.78 is 38.8. The van der Waals surface area contributed by atoms with Gasteiger partial charge < -0.3 is 21.1 Å². The third-order valence-corrected chi connectivity index (χ3v) is 3.67. The van der Waals surface area contributed by atoms with Crippen molar-refractivity contribution < 1.29 is 27.9 Å². The lowest BCUT2D eigenvalue weighted by atomic mass is 10.1. The van der Waals surface area contributed by atoms with Gasteiger partial charge in [-0.05, 0) is 18.2 Å². The highest BCUT2D eigenvalue weighted by Crippen LogP contribution is 2.32. The number of amides is 2. The van der Waals surface area contributed by atoms with E-state index in [2.05, 4.69) is 16.0 Å². The molecule has 25 heavy (non-hydrogen) atoms. The molecule has 1 aromatic carbocycles. The van der Waals surface area contributed by atoms with E-state index in [9.17, 15) is 27.9 Å². The lowest BCUT2D eigenvalue weighted by Gasteiger charge is -2.16. The van der Waals surface area contributed by atoms with Gasteiger partial charge in [-0.3, -0.25) is 9.59 Å². The van der Waals surface area contributed by atoms with Crippen LogP contribution in [0.5, 0.6) is 0 Å². The highest BCUT2D eigenvalue weighted by molar-refractivity contribution is 5.97. The van der Waals surface area contributed by atoms with E-state index in [1.54, 1.807) is 0 Å². The Morgan fingerprint density at radius 1 is 1.28 bits per heavy atom. The Balaban J connectivity index is 0.00000312. The van der Waals surface area contributed by atoms with Crippen LogP contribution in [0.15, 0.2) is 18.2 Å². The fraction of sp³-hybridized carbons (Fsp3) is 0.467. The summed E-state index contributed by atoms with van der Waals surface area (Å²) in [6.45, 7) is 2.23. The quantitative estimate of drug-likeness (QED) is 0.634. The lowest BCUT2D eigenvalue weighted by molar-refractivity contribution is -0.137. The van der Waals surface area contributed by atoms with Gasteiger partial charge in [0.05, 0.1) is 11.7 Å². The molecule has 10 heteroatoms. The average Bonchev–Trinajstić information content (AvgIpc) is 2.88. The zero-order valence-electron chi connectivity index (χ0n) is 13.3. The van der Waals surface area contributed by atoms with E-state index in [1.807, 2.05) is 0 Å². The predicted octanol–water partition coefficient (Wildman–Crippen LogP) is 1.40. The summed E-state index contributed by atoms with van der Waals surface area (Å²) in [4.78, 5) is 23.2. The van der Waals surface area contributed by atoms with Crippen LogP contribution in [0.25, 0.3) is 0 Å². The fourth-order valence-electron chi connectivity index (χ4n) is 2.45. The van der Waals surface area contributed by atoms with Gasteiger partial charge in [-0.25, -0.2) is 0 Å². The maximum Gasteiger partial charge on any atom is 0.416 e. The smallest absolute Gasteiger partial charge is 0.391 e. The molecule has 6 nitrogen and oxygen atoms in total. The van der Waals surface area contributed by atoms with Crippen LogP contribution in [-0.4, -0.2) is 42.7 Å². The maximum absolute atomic E-state index is 12.9. The number of aliphatic hydroxyl groups excluding tert-OH is 1. The van der Waals surface area contributed by atoms with Crippen molar-refractivity contribution >= 4 is 29.9 Å². The molecule has 0 radical (unpaired) electrons. The van der Waals surface area contributed by atoms with Gasteiger partial charge in [0, 0.05) is 43.7 Å². The van der Waals surface area contributed by atoms with Gasteiger partial charge in [0.1, 0.15) is 0 Å². The number of carbonyl (C=O) groups excluding carboxylic acids is 2. The molecule has 1 heterocycles. The second-order valence-corrected chi connectivity index (χ2v) is 5.67. The first-order valence-corrected chi connectivity index (χ1v) is 7.33. The zero-order valence-corrected chi connectivity index (χ0v) is 14.1. The normalized spacial score (nSPS) is 19.9. The lowest BCUT2D eigenvalue weighted by Crippen LogP contribution is -2.34. The predicted molar refractivity (Wildman–Crippen MR) is 87.7 cm³/mol. The molecule has 2 amide bonds. The van der Waals surface area contributed by atoms with Gasteiger partial charge in [-0.1, -0.05) is 0 Å². The van der Waals surface area contributed by atoms with Gasteiger partial charge >= 0.3 is 6.18 Å². The summed E-state index contributed by atoms with van der Waals surface area (Å²) >= 11 is 0. The first-order valence-electron chi connectivity index (χ1n) is 7.33. The van der Waals surface area contributed by atoms with Crippen LogP contribution in [-0.2, 0) is 11.0 Å². The van der Waals surface area contributed by atoms with E-state index in [4.69, 9.17) is 0 Å². The number of β-amino-alcohol motifs (C(OH)–C–C–N with tert-alkyl or cyclic N) is 1. The molecular formula is C15H19ClF3N3O3. The minimum absolute atomic E-state index is 0. The van der Waals surface area contributed by atoms with Crippen LogP contribution in [0.4, 0.5) is 18.9 Å². The number of rotatable bonds is 4. The average molecular weight is 382 g/mol. The first kappa shape index (κ1) is 21.2. The Morgan fingerprint density at radius 2 is 1.96 bits per heavy atom. The Kier molecular flexibility index (Phi) is 7.21. The number of carbonyl (C=O) groups is 2. The summed E-state index contributed by atoms with van der Waals surface area (Å²) in [6.07, 6.45) is -5.25. The van der Waals surface area contributed by atoms with Crippen LogP contribution < -0.4 is 16.0 Å². The van der Waals surface area contributed by atoms with Crippen LogP contribution in [0.1, 0.15) is 22.8 Å². The number of halogens is 4. The van der Waals surface area contributed by atoms with Crippen molar-refractivity contribution in [3.05, 3.63) is 29.3 Å². The molecule has 0 aliphatic carbocycles. The third kappa shape index (κ3) is 5.87. The summed E-state index contributed by atoms with van der Waals surface area (Å²) in [5.74, 6) is -1.44. The number of aliphatic hydroxyl groups is 1. The van der Waals surface area contributed by atoms with Crippen LogP contribution in [0.3, 0.4) is 0 Å². The van der Waals surface area contributed by atoms with Gasteiger partial charge in [0.15, 0.2) is 0 Å². The standard InChI is InChI=1S/C15H18F3N3O3.ClH/c1-8(22)21-12-3-9(2-11(4-12)15(16,17)18)14(24)20-6-10-5-19-7-13(10)23;/h2-4,10,13,19,23H,5-7H2,1H3,(H,20,24)(H,21,22);1H. The number of alkyl halides is 3. The molecule has 1 aromatic rings. The molecule has 2 atom stereocenters. The topological polar surface area (TPSA) is 90.5 Å². The molecule has 2 rings (SSSR count). The molecule has 140 valence electrons. The van der Waals surface area contributed by atoms with Crippen LogP contribution >= 0.6 is 12.4 Å². The van der Waals surface area contributed by atoms with Crippen molar-refractivity contribution in [1.29, 1.82) is 0 Å². The minimum Gasteiger partial charge on any atom is -0.391 e. The van der Waals surface area contributed by atoms with Crippen molar-refractivity contribution in [2.45, 2.75) is 19.2 Å². The number of nitrogens with one attached hydrogen (secondary N) is 3. The molecule has 0 spiro atoms. The maximum atomic E-state index is 12.9. The first-order chi connectivity index (χ1) is 11.2. The second kappa shape index (κ2) is 8.50. The van der Waals surface area contributed by atoms with E-state index >= 15 is 0 Å². The summed E-state index contributed by atoms with van der Waals surface area (Å²) in [5, 5.41) is 17.4. The molecule has 1 aliphatic rings. The molecule has 0 bridgehead atoms. The molecule has 0 saturated carbocycles. The van der Waals surface area contributed by atoms with E-state index in [1.165, 1.54) is 6.07 Å². The van der Waals surface area contributed by atoms with Crippen molar-refractivity contribution in [3.8, 4) is 0 Å². The van der Waals surface area contributed by atoms with Crippen LogP contribution in [0, 0.1) is 5.92 Å². The molecule has 1 saturated heterocycles. The second-order valence-electron chi connectivity index (χ2n) is 5.67. The Morgan fingerprint density at radius 3 is 2.48 bits per heavy atom. The fourth-order valence-corrected chi connectivity index (χ4v) is 2.45. The highest BCUT2D eigenvalue weighted by atomic mass is 35.5. The Bertz CT molecular complexity index is 640. The summed E-state index contributed by atoms with van der Waals surface area (Å²) in [6, 6.07) is 2.67. The summed E-state index contributed by atoms with van der Waals surface area (Å²) in [7, 11) is 0. The van der Waals surface area contributed by atoms with Crippen LogP contribution in [0.2, 0.25) is 0 Å². The molecule has 2 unspecified atom stereocenters. The minimum atomic E-state index is -4.64. The number of hydrogen-bond acceptors (Lipinski definition) is 4. The molecule has 0 aromatic heterocycles. The van der Waals surface area contributed by atoms with Crippen molar-refractivity contribution in [2.24, 2.45) is 5.92 Å². The van der Waals surface area contributed by atoms with Crippen molar-refractivity contribution in [3.63, 3.8) is 0 Å². The van der Waals surface area contributed by atoms with E-state index < -0.39 is 29.7 Å². The molecule has 4 N–H and O–H groups in total. The summed E-state index contributed by atoms with van der Waals surface area (Å²) in [5.41, 5.74) is -1.35. The van der Waals surface area contributed by atoms with Gasteiger partial charge in [-0.2, -0.15) is 13.2 Å². The molecule has 1 aliphatic heterocycles. The van der Waals surface area contributed by atoms with Crippen molar-refractivity contribution in [2.75, 3.05) is 25.0 Å². The number of benzene rings is 1. The molecular weight excluding hydrogens is 363 g/mol. The Labute approximate surface area is 148 Å². The zero-order chi connectivity index (χ0) is 17.9. The number of hydrogen-bond donors (Lipinski definition) is 4. The Hall–Kier alpha value is -1.84. The SMILES string of the molecule is CC(=O)Nc1cc(C(=O)NCC2CNCC2O)cc(C(F)(F)F)c1.Cl. The number of anilines is 1. The van der Waals surface area contributed by atoms with Gasteiger partial charge in [0.25, 0.3) is 5.91 Å². The van der Waals surface area contributed by atoms with E-state index in [0.29, 0.717) is 13.1 Å². The van der Waals surface area contributed by atoms with E-state index in [0.717, 1.165) is 19.1 Å². The van der Waals surface area contributed by atoms with E-state index in [-0.39, 0.29) is 36.1 Å². The van der Waals surface area contributed by atoms with Gasteiger partial charge in [-0.15, -0.1) is 12.4 Å². The largest absolute Gasteiger partial charge is 0.416 e. The third-order valence-electron chi connectivity index (χ3n) is 3.67. The molecule has 1 fully saturated rings. The van der Waals surface area contributed by atoms with Crippen molar-refractivity contribution in [1.82, 2.24) is 10.6 Å². The monoisotopic (exact) mass is 381 g/mol. The van der Waals surface area contributed by atoms with Gasteiger partial charge in [0.2, 0.25) is 5.91 Å². The highest BCUT2D eigenvalue weighted by Gasteiger charge is 2.32.